The van der Waals surface area contributed by atoms with Crippen molar-refractivity contribution >= 4 is 19.8 Å². The number of ether oxygens (including phenoxy) is 3. The Bertz CT molecular complexity index is 1650. The summed E-state index contributed by atoms with van der Waals surface area (Å²) in [5.74, 6) is 1.41. The fourth-order valence-corrected chi connectivity index (χ4v) is 8.04. The normalized spacial score (nSPS) is 17.0. The third-order valence-corrected chi connectivity index (χ3v) is 12.6. The molecule has 0 aliphatic carbocycles. The van der Waals surface area contributed by atoms with Crippen LogP contribution in [0.3, 0.4) is 0 Å². The molecule has 1 aromatic heterocycles. The molecule has 1 aromatic rings. The molecule has 0 bridgehead atoms. The first-order valence-electron chi connectivity index (χ1n) is 25.5. The van der Waals surface area contributed by atoms with Crippen LogP contribution in [0, 0.1) is 13.8 Å². The van der Waals surface area contributed by atoms with Crippen molar-refractivity contribution in [3.63, 3.8) is 0 Å². The van der Waals surface area contributed by atoms with Gasteiger partial charge in [0.05, 0.1) is 40.0 Å². The number of rotatable bonds is 41. The summed E-state index contributed by atoms with van der Waals surface area (Å²) >= 11 is 0. The quantitative estimate of drug-likeness (QED) is 0.0156. The topological polar surface area (TPSA) is 137 Å². The fourth-order valence-electron chi connectivity index (χ4n) is 7.31. The molecule has 1 fully saturated rings. The maximum Gasteiger partial charge on any atom is 0.306 e. The molecule has 12 heteroatoms. The number of epoxide rings is 1. The monoisotopic (exact) mass is 944 g/mol. The van der Waals surface area contributed by atoms with Crippen molar-refractivity contribution in [2.75, 3.05) is 47.5 Å². The lowest BCUT2D eigenvalue weighted by Crippen LogP contribution is -2.37. The van der Waals surface area contributed by atoms with E-state index in [1.54, 1.807) is 0 Å². The third-order valence-electron chi connectivity index (χ3n) is 11.7. The van der Waals surface area contributed by atoms with Crippen LogP contribution in [0.2, 0.25) is 0 Å². The number of phosphoric acid groups is 1. The van der Waals surface area contributed by atoms with Gasteiger partial charge in [-0.05, 0) is 89.2 Å². The molecule has 0 saturated carbocycles. The van der Waals surface area contributed by atoms with Crippen LogP contribution in [0.1, 0.15) is 178 Å². The van der Waals surface area contributed by atoms with E-state index in [0.717, 1.165) is 70.6 Å². The number of phosphoric ester groups is 1. The highest BCUT2D eigenvalue weighted by Gasteiger charge is 2.36. The van der Waals surface area contributed by atoms with E-state index in [4.69, 9.17) is 27.7 Å². The highest BCUT2D eigenvalue weighted by Crippen LogP contribution is 2.38. The molecule has 1 saturated heterocycles. The molecule has 376 valence electrons. The number of unbranched alkanes of at least 4 members (excludes halogenated alkanes) is 11. The molecule has 1 aliphatic rings. The summed E-state index contributed by atoms with van der Waals surface area (Å²) in [7, 11) is 1.09. The van der Waals surface area contributed by atoms with E-state index in [1.165, 1.54) is 80.4 Å². The molecule has 0 N–H and O–H groups in total. The van der Waals surface area contributed by atoms with Crippen molar-refractivity contribution in [1.82, 2.24) is 0 Å². The van der Waals surface area contributed by atoms with Crippen molar-refractivity contribution in [1.29, 1.82) is 0 Å². The van der Waals surface area contributed by atoms with Gasteiger partial charge >= 0.3 is 11.9 Å². The number of hydrogen-bond acceptors (Lipinski definition) is 10. The van der Waals surface area contributed by atoms with Crippen molar-refractivity contribution in [2.24, 2.45) is 0 Å². The zero-order chi connectivity index (χ0) is 48.3. The second-order valence-electron chi connectivity index (χ2n) is 18.8. The van der Waals surface area contributed by atoms with Crippen molar-refractivity contribution in [3.05, 3.63) is 83.4 Å². The van der Waals surface area contributed by atoms with E-state index in [1.807, 2.05) is 33.3 Å². The minimum Gasteiger partial charge on any atom is -0.756 e. The number of allylic oxidation sites excluding steroid dienone is 8. The minimum absolute atomic E-state index is 0.0543. The molecule has 0 amide bonds. The Balaban J connectivity index is 1.61. The molecule has 2 heterocycles. The van der Waals surface area contributed by atoms with E-state index in [0.29, 0.717) is 36.1 Å². The van der Waals surface area contributed by atoms with E-state index in [-0.39, 0.29) is 26.1 Å². The van der Waals surface area contributed by atoms with Crippen molar-refractivity contribution in [2.45, 2.75) is 200 Å². The predicted molar refractivity (Wildman–Crippen MR) is 266 cm³/mol. The number of nitrogens with zero attached hydrogens (tertiary/aromatic N) is 1. The number of furan rings is 1. The van der Waals surface area contributed by atoms with Gasteiger partial charge in [0.15, 0.2) is 6.10 Å². The third kappa shape index (κ3) is 31.1. The number of esters is 2. The van der Waals surface area contributed by atoms with Gasteiger partial charge in [0.25, 0.3) is 7.82 Å². The zero-order valence-electron chi connectivity index (χ0n) is 42.3. The molecular weight excluding hydrogens is 854 g/mol. The lowest BCUT2D eigenvalue weighted by Gasteiger charge is -2.28. The molecular formula is C54H90NO10P. The molecule has 1 aliphatic heterocycles. The summed E-state index contributed by atoms with van der Waals surface area (Å²) < 4.78 is 45.9. The first kappa shape index (κ1) is 59.1. The summed E-state index contributed by atoms with van der Waals surface area (Å²) in [4.78, 5) is 37.8. The zero-order valence-corrected chi connectivity index (χ0v) is 43.2. The van der Waals surface area contributed by atoms with Gasteiger partial charge in [-0.1, -0.05) is 139 Å². The Morgan fingerprint density at radius 3 is 1.73 bits per heavy atom. The lowest BCUT2D eigenvalue weighted by atomic mass is 10.0. The van der Waals surface area contributed by atoms with Crippen molar-refractivity contribution < 1.29 is 51.2 Å². The van der Waals surface area contributed by atoms with Crippen LogP contribution in [0.25, 0.3) is 0 Å². The average molecular weight is 944 g/mol. The van der Waals surface area contributed by atoms with Gasteiger partial charge in [-0.15, -0.1) is 0 Å². The van der Waals surface area contributed by atoms with Gasteiger partial charge in [0, 0.05) is 25.7 Å². The molecule has 3 unspecified atom stereocenters. The number of aryl methyl sites for hydroxylation is 2. The predicted octanol–water partition coefficient (Wildman–Crippen LogP) is 12.8. The van der Waals surface area contributed by atoms with Gasteiger partial charge in [-0.3, -0.25) is 14.2 Å². The van der Waals surface area contributed by atoms with Crippen LogP contribution in [-0.4, -0.2) is 82.2 Å². The molecule has 66 heavy (non-hydrogen) atoms. The summed E-state index contributed by atoms with van der Waals surface area (Å²) in [5, 5.41) is 0. The maximum absolute atomic E-state index is 12.7. The number of carbonyl (C=O) groups is 2. The molecule has 4 atom stereocenters. The number of quaternary nitrogens is 1. The second-order valence-corrected chi connectivity index (χ2v) is 20.2. The largest absolute Gasteiger partial charge is 0.756 e. The molecule has 0 radical (unpaired) electrons. The van der Waals surface area contributed by atoms with Gasteiger partial charge in [0.2, 0.25) is 0 Å². The Hall–Kier alpha value is -3.05. The van der Waals surface area contributed by atoms with Gasteiger partial charge in [0.1, 0.15) is 31.3 Å². The van der Waals surface area contributed by atoms with Gasteiger partial charge in [-0.2, -0.15) is 0 Å². The smallest absolute Gasteiger partial charge is 0.306 e. The number of hydrogen-bond donors (Lipinski definition) is 0. The van der Waals surface area contributed by atoms with Crippen LogP contribution in [0.5, 0.6) is 0 Å². The Morgan fingerprint density at radius 2 is 1.17 bits per heavy atom. The highest BCUT2D eigenvalue weighted by atomic mass is 31.2. The number of carbonyl (C=O) groups excluding carboxylic acids is 2. The molecule has 0 spiro atoms. The Morgan fingerprint density at radius 1 is 0.652 bits per heavy atom. The van der Waals surface area contributed by atoms with Crippen molar-refractivity contribution in [3.8, 4) is 0 Å². The molecule has 2 rings (SSSR count). The van der Waals surface area contributed by atoms with Crippen LogP contribution in [0.15, 0.2) is 65.2 Å². The first-order valence-corrected chi connectivity index (χ1v) is 26.9. The fraction of sp³-hybridized carbons (Fsp3) is 0.704. The average Bonchev–Trinajstić information content (AvgIpc) is 3.97. The maximum atomic E-state index is 12.7. The Kier molecular flexibility index (Phi) is 32.2. The Labute approximate surface area is 400 Å². The van der Waals surface area contributed by atoms with Crippen LogP contribution >= 0.6 is 7.82 Å². The standard InChI is InChI=1S/C54H90NO10P/c1-8-10-30-36-49-46(3)47(4)50(64-49)37-32-26-22-18-16-17-20-24-28-34-40-53(56)60-44-48(45-62-66(58,59)61-43-42-55(5,6)7)63-54(57)41-35-29-25-21-15-13-12-14-19-23-27-33-39-52-51(65-52)38-31-11-9-2/h11,13-15,19,25,27,29,31,33,48,51-52H,8-10,12,16-18,20-24,26,28,30,32,34-45H2,1-7H3/b15-13-,19-14-,29-25-,31-11-,33-27-/t48-,51?,52?/m1/s1. The first-order chi connectivity index (χ1) is 31.7. The SMILES string of the molecule is CC/C=C\CC1OC1C/C=C\C/C=C\C/C=C\C/C=C\CCC(=O)O[C@H](COC(=O)CCCCCCCCCCCCc1oc(CCCCC)c(C)c1C)COP(=O)([O-])OCC[N+](C)(C)C. The van der Waals surface area contributed by atoms with Gasteiger partial charge in [-0.25, -0.2) is 0 Å². The van der Waals surface area contributed by atoms with Crippen LogP contribution in [0.4, 0.5) is 0 Å². The lowest BCUT2D eigenvalue weighted by molar-refractivity contribution is -0.870. The second kappa shape index (κ2) is 36.0. The minimum atomic E-state index is -4.67. The van der Waals surface area contributed by atoms with Crippen LogP contribution < -0.4 is 4.89 Å². The number of likely N-dealkylation sites (N-methyl/N-ethyl adjacent to an activating group) is 1. The summed E-state index contributed by atoms with van der Waals surface area (Å²) in [6.45, 7) is 8.36. The molecule has 11 nitrogen and oxygen atoms in total. The summed E-state index contributed by atoms with van der Waals surface area (Å²) in [6.07, 6.45) is 44.1. The molecule has 0 aromatic carbocycles. The van der Waals surface area contributed by atoms with E-state index < -0.39 is 32.5 Å². The summed E-state index contributed by atoms with van der Waals surface area (Å²) in [6, 6.07) is 0. The van der Waals surface area contributed by atoms with E-state index in [2.05, 4.69) is 76.3 Å². The van der Waals surface area contributed by atoms with Crippen LogP contribution in [-0.2, 0) is 50.3 Å². The van der Waals surface area contributed by atoms with Gasteiger partial charge < -0.3 is 37.1 Å². The van der Waals surface area contributed by atoms with E-state index >= 15 is 0 Å². The summed E-state index contributed by atoms with van der Waals surface area (Å²) in [5.41, 5.74) is 2.69. The highest BCUT2D eigenvalue weighted by molar-refractivity contribution is 7.45. The van der Waals surface area contributed by atoms with E-state index in [9.17, 15) is 19.0 Å².